The summed E-state index contributed by atoms with van der Waals surface area (Å²) in [6, 6.07) is 19.6. The Kier molecular flexibility index (Phi) is 10.6. The summed E-state index contributed by atoms with van der Waals surface area (Å²) >= 11 is 2.10. The number of rotatable bonds is 12. The molecule has 2 amide bonds. The van der Waals surface area contributed by atoms with Gasteiger partial charge in [-0.05, 0) is 107 Å². The van der Waals surface area contributed by atoms with Crippen molar-refractivity contribution in [3.8, 4) is 17.2 Å². The average Bonchev–Trinajstić information content (AvgIpc) is 3.62. The molecule has 3 N–H and O–H groups in total. The van der Waals surface area contributed by atoms with Gasteiger partial charge in [-0.1, -0.05) is 55.3 Å². The van der Waals surface area contributed by atoms with Gasteiger partial charge in [0.2, 0.25) is 11.8 Å². The Morgan fingerprint density at radius 3 is 2.56 bits per heavy atom. The van der Waals surface area contributed by atoms with Crippen LogP contribution in [0.15, 0.2) is 83.4 Å². The van der Waals surface area contributed by atoms with Gasteiger partial charge >= 0.3 is 7.12 Å². The summed E-state index contributed by atoms with van der Waals surface area (Å²) in [6.45, 7) is 2.76. The number of methoxy groups -OCH3 is 1. The van der Waals surface area contributed by atoms with Gasteiger partial charge in [0.1, 0.15) is 12.4 Å². The number of allylic oxidation sites excluding steroid dienone is 1. The van der Waals surface area contributed by atoms with Crippen LogP contribution in [0, 0.1) is 21.3 Å². The largest absolute Gasteiger partial charge is 0.504 e. The number of hydrogen-bond acceptors (Lipinski definition) is 8. The molecule has 0 bridgehead atoms. The van der Waals surface area contributed by atoms with Gasteiger partial charge in [-0.2, -0.15) is 0 Å². The van der Waals surface area contributed by atoms with Crippen LogP contribution in [0.3, 0.4) is 0 Å². The molecular formula is C37H39BINO8. The molecule has 3 aliphatic rings. The van der Waals surface area contributed by atoms with Crippen molar-refractivity contribution in [2.45, 2.75) is 45.1 Å². The Hall–Kier alpha value is -3.65. The van der Waals surface area contributed by atoms with E-state index in [2.05, 4.69) is 35.6 Å². The highest BCUT2D eigenvalue weighted by Gasteiger charge is 2.57. The number of anilines is 1. The SMILES string of the molecule is CCC/C(=C\c1cc(I)c(O)c(OC)c1)CC[C@H]1OC[C@H]2C1=C(COc1ccccc1)C[C@H]1C(=O)N(c3cccc(B(O)O)c3)C(=O)[C@H]12. The summed E-state index contributed by atoms with van der Waals surface area (Å²) < 4.78 is 18.8. The lowest BCUT2D eigenvalue weighted by Crippen LogP contribution is -2.36. The first kappa shape index (κ1) is 34.2. The first-order valence-corrected chi connectivity index (χ1v) is 17.4. The zero-order chi connectivity index (χ0) is 33.9. The Morgan fingerprint density at radius 2 is 1.83 bits per heavy atom. The maximum Gasteiger partial charge on any atom is 0.488 e. The van der Waals surface area contributed by atoms with Crippen LogP contribution in [0.4, 0.5) is 5.69 Å². The predicted octanol–water partition coefficient (Wildman–Crippen LogP) is 5.25. The molecule has 4 atom stereocenters. The van der Waals surface area contributed by atoms with Crippen LogP contribution >= 0.6 is 22.6 Å². The van der Waals surface area contributed by atoms with Gasteiger partial charge in [0.15, 0.2) is 11.5 Å². The lowest BCUT2D eigenvalue weighted by molar-refractivity contribution is -0.122. The Morgan fingerprint density at radius 1 is 1.04 bits per heavy atom. The minimum absolute atomic E-state index is 0.127. The van der Waals surface area contributed by atoms with Crippen molar-refractivity contribution in [3.05, 3.63) is 92.6 Å². The monoisotopic (exact) mass is 763 g/mol. The van der Waals surface area contributed by atoms with Gasteiger partial charge in [-0.15, -0.1) is 0 Å². The topological polar surface area (TPSA) is 126 Å². The van der Waals surface area contributed by atoms with Crippen molar-refractivity contribution in [1.82, 2.24) is 0 Å². The standard InChI is InChI=1S/C37H39BINO8/c1-3-8-22(15-23-16-30(39)35(41)32(17-23)46-2)13-14-31-33-24(20-47-27-11-5-4-6-12-27)18-28-34(29(33)21-48-31)37(43)40(36(28)42)26-10-7-9-25(19-26)38(44)45/h4-7,9-12,15-17,19,28-29,31,34,41,44-45H,3,8,13-14,18,20-21H2,1-2H3/b22-15+/t28-,29+,31-,34-/m1/s1. The number of para-hydroxylation sites is 1. The fourth-order valence-electron chi connectivity index (χ4n) is 7.35. The number of imide groups is 1. The molecule has 2 aliphatic heterocycles. The molecule has 3 aromatic rings. The highest BCUT2D eigenvalue weighted by molar-refractivity contribution is 14.1. The lowest BCUT2D eigenvalue weighted by atomic mass is 9.69. The van der Waals surface area contributed by atoms with Gasteiger partial charge in [0, 0.05) is 5.92 Å². The molecule has 1 aliphatic carbocycles. The van der Waals surface area contributed by atoms with Crippen LogP contribution in [0.5, 0.6) is 17.2 Å². The normalized spacial score (nSPS) is 22.2. The van der Waals surface area contributed by atoms with E-state index >= 15 is 0 Å². The number of phenols is 1. The molecule has 2 heterocycles. The molecule has 6 rings (SSSR count). The number of halogens is 1. The van der Waals surface area contributed by atoms with E-state index in [1.165, 1.54) is 16.5 Å². The maximum atomic E-state index is 14.1. The third kappa shape index (κ3) is 6.91. The molecule has 11 heteroatoms. The quantitative estimate of drug-likeness (QED) is 0.0990. The van der Waals surface area contributed by atoms with Crippen LogP contribution in [-0.2, 0) is 14.3 Å². The molecule has 0 unspecified atom stereocenters. The maximum absolute atomic E-state index is 14.1. The first-order valence-electron chi connectivity index (χ1n) is 16.3. The number of amides is 2. The van der Waals surface area contributed by atoms with Crippen LogP contribution in [0.1, 0.15) is 44.6 Å². The van der Waals surface area contributed by atoms with E-state index in [1.807, 2.05) is 42.5 Å². The van der Waals surface area contributed by atoms with Crippen molar-refractivity contribution in [2.75, 3.05) is 25.2 Å². The first-order chi connectivity index (χ1) is 23.2. The van der Waals surface area contributed by atoms with E-state index in [-0.39, 0.29) is 41.7 Å². The highest BCUT2D eigenvalue weighted by Crippen LogP contribution is 2.50. The fourth-order valence-corrected chi connectivity index (χ4v) is 7.97. The summed E-state index contributed by atoms with van der Waals surface area (Å²) in [4.78, 5) is 29.2. The van der Waals surface area contributed by atoms with E-state index in [9.17, 15) is 24.7 Å². The number of nitrogens with zero attached hydrogens (tertiary/aromatic N) is 1. The van der Waals surface area contributed by atoms with Crippen molar-refractivity contribution >= 4 is 58.7 Å². The van der Waals surface area contributed by atoms with Crippen molar-refractivity contribution in [2.24, 2.45) is 17.8 Å². The molecular weight excluding hydrogens is 724 g/mol. The van der Waals surface area contributed by atoms with Gasteiger partial charge in [0.25, 0.3) is 0 Å². The number of ether oxygens (including phenoxy) is 3. The second-order valence-electron chi connectivity index (χ2n) is 12.6. The summed E-state index contributed by atoms with van der Waals surface area (Å²) in [5.41, 5.74) is 4.79. The molecule has 48 heavy (non-hydrogen) atoms. The minimum Gasteiger partial charge on any atom is -0.504 e. The molecule has 2 fully saturated rings. The number of hydrogen-bond donors (Lipinski definition) is 3. The van der Waals surface area contributed by atoms with E-state index in [0.717, 1.165) is 41.7 Å². The van der Waals surface area contributed by atoms with Gasteiger partial charge in [-0.3, -0.25) is 14.5 Å². The average molecular weight is 763 g/mol. The third-order valence-corrected chi connectivity index (χ3v) is 10.4. The lowest BCUT2D eigenvalue weighted by Gasteiger charge is -2.31. The zero-order valence-corrected chi connectivity index (χ0v) is 29.1. The molecule has 3 aromatic carbocycles. The number of aromatic hydroxyl groups is 1. The van der Waals surface area contributed by atoms with Crippen molar-refractivity contribution in [3.63, 3.8) is 0 Å². The van der Waals surface area contributed by atoms with Crippen molar-refractivity contribution in [1.29, 1.82) is 0 Å². The summed E-state index contributed by atoms with van der Waals surface area (Å²) in [7, 11) is -0.176. The predicted molar refractivity (Wildman–Crippen MR) is 192 cm³/mol. The van der Waals surface area contributed by atoms with E-state index in [4.69, 9.17) is 14.2 Å². The van der Waals surface area contributed by atoms with Crippen LogP contribution in [0.2, 0.25) is 0 Å². The highest BCUT2D eigenvalue weighted by atomic mass is 127. The molecule has 0 radical (unpaired) electrons. The molecule has 0 spiro atoms. The Labute approximate surface area is 294 Å². The molecule has 250 valence electrons. The number of carbonyl (C=O) groups is 2. The molecule has 9 nitrogen and oxygen atoms in total. The Balaban J connectivity index is 1.29. The minimum atomic E-state index is -1.72. The molecule has 2 saturated heterocycles. The number of carbonyl (C=O) groups excluding carboxylic acids is 2. The smallest absolute Gasteiger partial charge is 0.488 e. The fraction of sp³-hybridized carbons (Fsp3) is 0.351. The van der Waals surface area contributed by atoms with Gasteiger partial charge < -0.3 is 29.4 Å². The number of fused-ring (bicyclic) bond motifs is 3. The van der Waals surface area contributed by atoms with Gasteiger partial charge in [-0.25, -0.2) is 0 Å². The third-order valence-electron chi connectivity index (χ3n) is 9.53. The number of benzene rings is 3. The van der Waals surface area contributed by atoms with E-state index in [0.29, 0.717) is 34.5 Å². The molecule has 0 saturated carbocycles. The Bertz CT molecular complexity index is 1740. The second kappa shape index (κ2) is 14.9. The summed E-state index contributed by atoms with van der Waals surface area (Å²) in [5.74, 6) is -0.693. The van der Waals surface area contributed by atoms with Crippen LogP contribution < -0.4 is 19.8 Å². The van der Waals surface area contributed by atoms with E-state index < -0.39 is 19.0 Å². The number of phenolic OH excluding ortho intramolecular Hbond substituents is 1. The summed E-state index contributed by atoms with van der Waals surface area (Å²) in [6.07, 6.45) is 5.64. The molecule has 0 aromatic heterocycles. The second-order valence-corrected chi connectivity index (χ2v) is 13.7. The van der Waals surface area contributed by atoms with Crippen LogP contribution in [0.25, 0.3) is 6.08 Å². The zero-order valence-electron chi connectivity index (χ0n) is 27.0. The van der Waals surface area contributed by atoms with Crippen molar-refractivity contribution < 1.29 is 39.0 Å². The summed E-state index contributed by atoms with van der Waals surface area (Å²) in [5, 5.41) is 29.8. The van der Waals surface area contributed by atoms with Crippen LogP contribution in [-0.4, -0.2) is 60.5 Å². The van der Waals surface area contributed by atoms with E-state index in [1.54, 1.807) is 25.3 Å². The van der Waals surface area contributed by atoms with Gasteiger partial charge in [0.05, 0.1) is 40.9 Å².